The molecule has 2 heteroatoms. The molecule has 2 aromatic rings. The predicted octanol–water partition coefficient (Wildman–Crippen LogP) is 5.12. The minimum absolute atomic E-state index is 0.416. The topological polar surface area (TPSA) is 15.3 Å². The highest BCUT2D eigenvalue weighted by molar-refractivity contribution is 6.06. The minimum atomic E-state index is 0.416. The molecule has 0 aromatic heterocycles. The molecule has 1 fully saturated rings. The molecular weight excluding hydrogens is 340 g/mol. The normalized spacial score (nSPS) is 23.2. The molecule has 2 aliphatic heterocycles. The average Bonchev–Trinajstić information content (AvgIpc) is 3.10. The van der Waals surface area contributed by atoms with E-state index < -0.39 is 0 Å². The Morgan fingerprint density at radius 3 is 2.43 bits per heavy atom. The Bertz CT molecular complexity index is 903. The molecular formula is C26H30N2. The number of likely N-dealkylation sites (tertiary alicyclic amines) is 1. The van der Waals surface area contributed by atoms with Gasteiger partial charge in [-0.2, -0.15) is 0 Å². The molecule has 144 valence electrons. The number of rotatable bonds is 4. The van der Waals surface area contributed by atoms with Crippen molar-refractivity contribution in [3.8, 4) is 0 Å². The van der Waals surface area contributed by atoms with Gasteiger partial charge in [0.25, 0.3) is 0 Å². The van der Waals surface area contributed by atoms with Crippen LogP contribution in [0.15, 0.2) is 66.2 Å². The number of nitrogens with one attached hydrogen (secondary N) is 1. The molecule has 2 aromatic carbocycles. The fraction of sp³-hybridized carbons (Fsp3) is 0.385. The Labute approximate surface area is 169 Å². The molecule has 0 saturated carbocycles. The smallest absolute Gasteiger partial charge is 0.0350 e. The molecule has 28 heavy (non-hydrogen) atoms. The number of piperidine rings is 1. The molecule has 5 rings (SSSR count). The zero-order chi connectivity index (χ0) is 18.9. The standard InChI is InChI=1S/C26H30N2/c1-19(28-16-8-3-9-17-28)18-24-26-23(14-15-27-24)21-12-6-7-13-22(21)25(26)20-10-4-2-5-11-20/h2,4-7,10-14,19,24,27H,3,8-9,15-18H2,1H3. The van der Waals surface area contributed by atoms with Gasteiger partial charge >= 0.3 is 0 Å². The molecule has 3 aliphatic rings. The van der Waals surface area contributed by atoms with E-state index in [0.717, 1.165) is 6.54 Å². The van der Waals surface area contributed by atoms with Gasteiger partial charge in [-0.25, -0.2) is 0 Å². The molecule has 0 amide bonds. The highest BCUT2D eigenvalue weighted by atomic mass is 15.2. The van der Waals surface area contributed by atoms with Crippen LogP contribution in [-0.4, -0.2) is 36.6 Å². The van der Waals surface area contributed by atoms with Crippen LogP contribution >= 0.6 is 0 Å². The molecule has 1 aliphatic carbocycles. The largest absolute Gasteiger partial charge is 0.306 e. The van der Waals surface area contributed by atoms with Gasteiger partial charge < -0.3 is 10.2 Å². The van der Waals surface area contributed by atoms with Gasteiger partial charge in [-0.3, -0.25) is 0 Å². The Balaban J connectivity index is 1.55. The van der Waals surface area contributed by atoms with Crippen molar-refractivity contribution >= 4 is 11.1 Å². The van der Waals surface area contributed by atoms with Crippen LogP contribution in [0.3, 0.4) is 0 Å². The minimum Gasteiger partial charge on any atom is -0.306 e. The van der Waals surface area contributed by atoms with Crippen molar-refractivity contribution in [1.82, 2.24) is 10.2 Å². The van der Waals surface area contributed by atoms with Gasteiger partial charge in [0.05, 0.1) is 0 Å². The molecule has 2 atom stereocenters. The summed E-state index contributed by atoms with van der Waals surface area (Å²) < 4.78 is 0. The van der Waals surface area contributed by atoms with Crippen LogP contribution in [0.25, 0.3) is 11.1 Å². The van der Waals surface area contributed by atoms with Crippen LogP contribution < -0.4 is 5.32 Å². The first-order valence-corrected chi connectivity index (χ1v) is 10.9. The summed E-state index contributed by atoms with van der Waals surface area (Å²) in [5, 5.41) is 3.83. The lowest BCUT2D eigenvalue weighted by Crippen LogP contribution is -2.44. The third-order valence-electron chi connectivity index (χ3n) is 6.72. The first-order valence-electron chi connectivity index (χ1n) is 10.9. The van der Waals surface area contributed by atoms with Crippen molar-refractivity contribution in [3.63, 3.8) is 0 Å². The zero-order valence-corrected chi connectivity index (χ0v) is 16.8. The Kier molecular flexibility index (Phi) is 4.92. The van der Waals surface area contributed by atoms with Crippen LogP contribution in [0, 0.1) is 0 Å². The van der Waals surface area contributed by atoms with E-state index >= 15 is 0 Å². The number of nitrogens with zero attached hydrogens (tertiary/aromatic N) is 1. The second kappa shape index (κ2) is 7.69. The van der Waals surface area contributed by atoms with Gasteiger partial charge in [-0.15, -0.1) is 0 Å². The van der Waals surface area contributed by atoms with Gasteiger partial charge in [0.15, 0.2) is 0 Å². The van der Waals surface area contributed by atoms with Crippen molar-refractivity contribution in [2.75, 3.05) is 19.6 Å². The van der Waals surface area contributed by atoms with E-state index in [-0.39, 0.29) is 0 Å². The lowest BCUT2D eigenvalue weighted by Gasteiger charge is -2.36. The van der Waals surface area contributed by atoms with Gasteiger partial charge in [0.2, 0.25) is 0 Å². The summed E-state index contributed by atoms with van der Waals surface area (Å²) in [7, 11) is 0. The van der Waals surface area contributed by atoms with Crippen molar-refractivity contribution in [3.05, 3.63) is 82.9 Å². The second-order valence-corrected chi connectivity index (χ2v) is 8.46. The Morgan fingerprint density at radius 1 is 0.929 bits per heavy atom. The van der Waals surface area contributed by atoms with Crippen molar-refractivity contribution in [1.29, 1.82) is 0 Å². The third kappa shape index (κ3) is 3.15. The molecule has 2 nitrogen and oxygen atoms in total. The summed E-state index contributed by atoms with van der Waals surface area (Å²) in [5.41, 5.74) is 8.56. The summed E-state index contributed by atoms with van der Waals surface area (Å²) in [6.07, 6.45) is 7.69. The molecule has 0 spiro atoms. The summed E-state index contributed by atoms with van der Waals surface area (Å²) in [5.74, 6) is 0. The average molecular weight is 371 g/mol. The maximum absolute atomic E-state index is 3.83. The molecule has 1 N–H and O–H groups in total. The number of fused-ring (bicyclic) bond motifs is 3. The lowest BCUT2D eigenvalue weighted by molar-refractivity contribution is 0.160. The maximum atomic E-state index is 3.83. The van der Waals surface area contributed by atoms with Crippen molar-refractivity contribution < 1.29 is 0 Å². The van der Waals surface area contributed by atoms with Crippen molar-refractivity contribution in [2.45, 2.75) is 44.7 Å². The first-order chi connectivity index (χ1) is 13.8. The van der Waals surface area contributed by atoms with Crippen LogP contribution in [0.1, 0.15) is 49.3 Å². The van der Waals surface area contributed by atoms with E-state index in [1.54, 1.807) is 0 Å². The lowest BCUT2D eigenvalue weighted by atomic mass is 9.87. The van der Waals surface area contributed by atoms with Crippen LogP contribution in [0.5, 0.6) is 0 Å². The number of hydrogen-bond donors (Lipinski definition) is 1. The second-order valence-electron chi connectivity index (χ2n) is 8.46. The molecule has 0 bridgehead atoms. The van der Waals surface area contributed by atoms with Gasteiger partial charge in [0, 0.05) is 18.6 Å². The van der Waals surface area contributed by atoms with E-state index in [0.29, 0.717) is 12.1 Å². The van der Waals surface area contributed by atoms with Gasteiger partial charge in [-0.1, -0.05) is 67.1 Å². The summed E-state index contributed by atoms with van der Waals surface area (Å²) in [6.45, 7) is 5.92. The van der Waals surface area contributed by atoms with Crippen LogP contribution in [0.4, 0.5) is 0 Å². The zero-order valence-electron chi connectivity index (χ0n) is 16.8. The SMILES string of the molecule is CC(CC1NCC=C2C1=C(c1ccccc1)c1ccccc12)N1CCCCC1. The molecule has 2 heterocycles. The maximum Gasteiger partial charge on any atom is 0.0350 e. The quantitative estimate of drug-likeness (QED) is 0.803. The van der Waals surface area contributed by atoms with Crippen LogP contribution in [-0.2, 0) is 0 Å². The summed E-state index contributed by atoms with van der Waals surface area (Å²) in [4.78, 5) is 2.70. The fourth-order valence-electron chi connectivity index (χ4n) is 5.31. The van der Waals surface area contributed by atoms with E-state index in [1.165, 1.54) is 72.2 Å². The highest BCUT2D eigenvalue weighted by Gasteiger charge is 2.34. The predicted molar refractivity (Wildman–Crippen MR) is 118 cm³/mol. The monoisotopic (exact) mass is 370 g/mol. The fourth-order valence-corrected chi connectivity index (χ4v) is 5.31. The Hall–Kier alpha value is -2.16. The van der Waals surface area contributed by atoms with Crippen molar-refractivity contribution in [2.24, 2.45) is 0 Å². The third-order valence-corrected chi connectivity index (χ3v) is 6.72. The molecule has 2 unspecified atom stereocenters. The van der Waals surface area contributed by atoms with E-state index in [2.05, 4.69) is 77.8 Å². The van der Waals surface area contributed by atoms with E-state index in [9.17, 15) is 0 Å². The molecule has 0 radical (unpaired) electrons. The number of hydrogen-bond acceptors (Lipinski definition) is 2. The summed E-state index contributed by atoms with van der Waals surface area (Å²) >= 11 is 0. The van der Waals surface area contributed by atoms with E-state index in [4.69, 9.17) is 0 Å². The van der Waals surface area contributed by atoms with Gasteiger partial charge in [-0.05, 0) is 72.7 Å². The Morgan fingerprint density at radius 2 is 1.64 bits per heavy atom. The highest BCUT2D eigenvalue weighted by Crippen LogP contribution is 2.47. The van der Waals surface area contributed by atoms with Gasteiger partial charge in [0.1, 0.15) is 0 Å². The number of benzene rings is 2. The van der Waals surface area contributed by atoms with Crippen LogP contribution in [0.2, 0.25) is 0 Å². The first kappa shape index (κ1) is 17.9. The van der Waals surface area contributed by atoms with E-state index in [1.807, 2.05) is 0 Å². The molecule has 1 saturated heterocycles. The summed E-state index contributed by atoms with van der Waals surface area (Å²) in [6, 6.07) is 21.0.